The van der Waals surface area contributed by atoms with Gasteiger partial charge in [-0.3, -0.25) is 19.9 Å². The largest absolute Gasteiger partial charge is 0.872 e. The van der Waals surface area contributed by atoms with E-state index in [4.69, 9.17) is 4.74 Å². The fraction of sp³-hybridized carbons (Fsp3) is 0.125. The van der Waals surface area contributed by atoms with Crippen molar-refractivity contribution in [2.45, 2.75) is 6.92 Å². The predicted octanol–water partition coefficient (Wildman–Crippen LogP) is 2.39. The second kappa shape index (κ2) is 7.23. The molecule has 0 bridgehead atoms. The number of non-ortho nitro benzene ring substituents is 1. The van der Waals surface area contributed by atoms with Crippen molar-refractivity contribution in [3.63, 3.8) is 0 Å². The molecule has 0 atom stereocenters. The van der Waals surface area contributed by atoms with Gasteiger partial charge in [0.25, 0.3) is 5.69 Å². The normalized spacial score (nSPS) is 10.6. The number of carbonyl (C=O) groups excluding carboxylic acids is 1. The number of nitrogens with one attached hydrogen (secondary N) is 1. The van der Waals surface area contributed by atoms with Gasteiger partial charge in [-0.2, -0.15) is 0 Å². The van der Waals surface area contributed by atoms with Crippen molar-refractivity contribution in [2.75, 3.05) is 12.4 Å². The molecule has 0 unspecified atom stereocenters. The first-order chi connectivity index (χ1) is 11.4. The van der Waals surface area contributed by atoms with E-state index in [0.29, 0.717) is 17.1 Å². The molecule has 1 amide bonds. The molecule has 8 heteroatoms. The van der Waals surface area contributed by atoms with E-state index in [1.807, 2.05) is 0 Å². The number of nitrogens with zero attached hydrogens (tertiary/aromatic N) is 2. The second-order valence-corrected chi connectivity index (χ2v) is 4.80. The Morgan fingerprint density at radius 1 is 1.29 bits per heavy atom. The van der Waals surface area contributed by atoms with Gasteiger partial charge in [-0.15, -0.1) is 0 Å². The molecule has 124 valence electrons. The van der Waals surface area contributed by atoms with Gasteiger partial charge in [-0.25, -0.2) is 0 Å². The Morgan fingerprint density at radius 3 is 2.67 bits per heavy atom. The molecule has 24 heavy (non-hydrogen) atoms. The number of nitro groups is 1. The minimum absolute atomic E-state index is 0.0702. The molecule has 0 saturated heterocycles. The molecule has 0 fully saturated rings. The van der Waals surface area contributed by atoms with Crippen LogP contribution in [0, 0.1) is 10.1 Å². The third-order valence-electron chi connectivity index (χ3n) is 3.06. The summed E-state index contributed by atoms with van der Waals surface area (Å²) in [6.07, 6.45) is 1.22. The lowest BCUT2D eigenvalue weighted by Gasteiger charge is -2.10. The van der Waals surface area contributed by atoms with Crippen LogP contribution in [0.1, 0.15) is 12.5 Å². The van der Waals surface area contributed by atoms with E-state index in [1.54, 1.807) is 18.2 Å². The average molecular weight is 328 g/mol. The summed E-state index contributed by atoms with van der Waals surface area (Å²) in [4.78, 5) is 25.6. The molecule has 2 aromatic carbocycles. The maximum atomic E-state index is 11.8. The molecule has 0 heterocycles. The van der Waals surface area contributed by atoms with Crippen molar-refractivity contribution in [1.29, 1.82) is 0 Å². The Hall–Kier alpha value is -3.42. The van der Waals surface area contributed by atoms with Crippen LogP contribution in [0.5, 0.6) is 11.5 Å². The van der Waals surface area contributed by atoms with E-state index in [0.717, 1.165) is 18.2 Å². The van der Waals surface area contributed by atoms with E-state index in [1.165, 1.54) is 20.2 Å². The highest BCUT2D eigenvalue weighted by Crippen LogP contribution is 2.30. The number of carbonyl (C=O) groups is 1. The summed E-state index contributed by atoms with van der Waals surface area (Å²) in [5.74, 6) is -0.164. The molecule has 0 aliphatic rings. The molecular weight excluding hydrogens is 314 g/mol. The standard InChI is InChI=1S/C16H15N3O5/c1-10(20)18-14-5-4-13(24-2)8-15(14)17-9-11-7-12(19(22)23)3-6-16(11)21/h3-9,21H,1-2H3,(H,18,20)/p-1. The number of aliphatic imine (C=N–C) groups is 1. The lowest BCUT2D eigenvalue weighted by Crippen LogP contribution is -2.06. The number of hydrogen-bond donors (Lipinski definition) is 1. The Bertz CT molecular complexity index is 817. The number of anilines is 1. The van der Waals surface area contributed by atoms with Crippen LogP contribution >= 0.6 is 0 Å². The first-order valence-corrected chi connectivity index (χ1v) is 6.86. The predicted molar refractivity (Wildman–Crippen MR) is 87.1 cm³/mol. The first-order valence-electron chi connectivity index (χ1n) is 6.86. The molecule has 2 rings (SSSR count). The van der Waals surface area contributed by atoms with Gasteiger partial charge in [0.1, 0.15) is 5.75 Å². The van der Waals surface area contributed by atoms with Gasteiger partial charge in [0, 0.05) is 31.3 Å². The molecule has 0 aromatic heterocycles. The fourth-order valence-electron chi connectivity index (χ4n) is 1.93. The summed E-state index contributed by atoms with van der Waals surface area (Å²) < 4.78 is 5.10. The van der Waals surface area contributed by atoms with Crippen molar-refractivity contribution in [2.24, 2.45) is 4.99 Å². The first kappa shape index (κ1) is 16.9. The molecule has 1 N–H and O–H groups in total. The van der Waals surface area contributed by atoms with E-state index in [9.17, 15) is 20.0 Å². The quantitative estimate of drug-likeness (QED) is 0.514. The number of amides is 1. The molecule has 0 saturated carbocycles. The average Bonchev–Trinajstić information content (AvgIpc) is 2.54. The van der Waals surface area contributed by atoms with Gasteiger partial charge >= 0.3 is 0 Å². The number of benzene rings is 2. The SMILES string of the molecule is COc1ccc(NC(C)=O)c(N=Cc2cc([N+](=O)[O-])ccc2[O-])c1. The fourth-order valence-corrected chi connectivity index (χ4v) is 1.93. The van der Waals surface area contributed by atoms with Crippen molar-refractivity contribution >= 4 is 29.2 Å². The van der Waals surface area contributed by atoms with E-state index >= 15 is 0 Å². The van der Waals surface area contributed by atoms with Gasteiger partial charge in [-0.05, 0) is 17.7 Å². The number of ether oxygens (including phenoxy) is 1. The molecule has 0 aliphatic heterocycles. The van der Waals surface area contributed by atoms with Gasteiger partial charge < -0.3 is 15.2 Å². The molecular formula is C16H14N3O5-. The Kier molecular flexibility index (Phi) is 5.10. The van der Waals surface area contributed by atoms with Gasteiger partial charge in [0.05, 0.1) is 23.4 Å². The minimum Gasteiger partial charge on any atom is -0.872 e. The van der Waals surface area contributed by atoms with E-state index in [2.05, 4.69) is 10.3 Å². The summed E-state index contributed by atoms with van der Waals surface area (Å²) in [5.41, 5.74) is 0.650. The molecule has 8 nitrogen and oxygen atoms in total. The third kappa shape index (κ3) is 4.07. The maximum Gasteiger partial charge on any atom is 0.270 e. The monoisotopic (exact) mass is 328 g/mol. The van der Waals surface area contributed by atoms with Crippen LogP contribution in [-0.4, -0.2) is 24.2 Å². The number of methoxy groups -OCH3 is 1. The van der Waals surface area contributed by atoms with Crippen molar-refractivity contribution in [3.8, 4) is 11.5 Å². The summed E-state index contributed by atoms with van der Waals surface area (Å²) in [7, 11) is 1.48. The summed E-state index contributed by atoms with van der Waals surface area (Å²) >= 11 is 0. The zero-order valence-corrected chi connectivity index (χ0v) is 13.0. The van der Waals surface area contributed by atoms with Gasteiger partial charge in [0.15, 0.2) is 0 Å². The van der Waals surface area contributed by atoms with E-state index < -0.39 is 10.7 Å². The Morgan fingerprint density at radius 2 is 2.04 bits per heavy atom. The lowest BCUT2D eigenvalue weighted by atomic mass is 10.2. The van der Waals surface area contributed by atoms with Gasteiger partial charge in [0.2, 0.25) is 5.91 Å². The number of hydrogen-bond acceptors (Lipinski definition) is 6. The molecule has 0 aliphatic carbocycles. The topological polar surface area (TPSA) is 117 Å². The zero-order chi connectivity index (χ0) is 17.7. The number of nitro benzene ring substituents is 1. The molecule has 0 spiro atoms. The smallest absolute Gasteiger partial charge is 0.270 e. The van der Waals surface area contributed by atoms with Crippen LogP contribution < -0.4 is 15.2 Å². The maximum absolute atomic E-state index is 11.8. The van der Waals surface area contributed by atoms with Crippen molar-refractivity contribution in [1.82, 2.24) is 0 Å². The number of rotatable bonds is 5. The second-order valence-electron chi connectivity index (χ2n) is 4.80. The lowest BCUT2D eigenvalue weighted by molar-refractivity contribution is -0.385. The highest BCUT2D eigenvalue weighted by molar-refractivity contribution is 5.94. The van der Waals surface area contributed by atoms with Crippen LogP contribution in [0.4, 0.5) is 17.1 Å². The van der Waals surface area contributed by atoms with Crippen LogP contribution in [0.25, 0.3) is 0 Å². The van der Waals surface area contributed by atoms with Crippen LogP contribution in [-0.2, 0) is 4.79 Å². The van der Waals surface area contributed by atoms with Crippen molar-refractivity contribution in [3.05, 3.63) is 52.1 Å². The third-order valence-corrected chi connectivity index (χ3v) is 3.06. The molecule has 2 aromatic rings. The molecule has 0 radical (unpaired) electrons. The summed E-state index contributed by atoms with van der Waals surface area (Å²) in [5, 5.41) is 25.2. The summed E-state index contributed by atoms with van der Waals surface area (Å²) in [6.45, 7) is 1.36. The highest BCUT2D eigenvalue weighted by atomic mass is 16.6. The highest BCUT2D eigenvalue weighted by Gasteiger charge is 2.07. The minimum atomic E-state index is -0.592. The van der Waals surface area contributed by atoms with Crippen LogP contribution in [0.3, 0.4) is 0 Å². The summed E-state index contributed by atoms with van der Waals surface area (Å²) in [6, 6.07) is 8.22. The Labute approximate surface area is 137 Å². The Balaban J connectivity index is 2.42. The van der Waals surface area contributed by atoms with Crippen LogP contribution in [0.2, 0.25) is 0 Å². The van der Waals surface area contributed by atoms with Gasteiger partial charge in [-0.1, -0.05) is 11.8 Å². The van der Waals surface area contributed by atoms with E-state index in [-0.39, 0.29) is 17.2 Å². The zero-order valence-electron chi connectivity index (χ0n) is 13.0. The van der Waals surface area contributed by atoms with Crippen LogP contribution in [0.15, 0.2) is 41.4 Å². The van der Waals surface area contributed by atoms with Crippen molar-refractivity contribution < 1.29 is 19.6 Å².